The molecular weight excluding hydrogens is 301 g/mol. The van der Waals surface area contributed by atoms with Gasteiger partial charge in [0.2, 0.25) is 23.3 Å². The summed E-state index contributed by atoms with van der Waals surface area (Å²) in [6.45, 7) is 0.406. The van der Waals surface area contributed by atoms with Crippen LogP contribution in [0.4, 0.5) is 10.3 Å². The molecule has 1 amide bonds. The summed E-state index contributed by atoms with van der Waals surface area (Å²) in [6, 6.07) is 3.75. The van der Waals surface area contributed by atoms with Crippen molar-refractivity contribution in [3.05, 3.63) is 29.0 Å². The fourth-order valence-electron chi connectivity index (χ4n) is 2.28. The van der Waals surface area contributed by atoms with Gasteiger partial charge in [-0.1, -0.05) is 11.6 Å². The van der Waals surface area contributed by atoms with Crippen LogP contribution >= 0.6 is 11.6 Å². The number of nitrogens with zero attached hydrogens (tertiary/aromatic N) is 1. The van der Waals surface area contributed by atoms with Gasteiger partial charge in [-0.2, -0.15) is 0 Å². The van der Waals surface area contributed by atoms with Crippen LogP contribution in [0.1, 0.15) is 12.8 Å². The minimum absolute atomic E-state index is 0.0656. The van der Waals surface area contributed by atoms with E-state index in [0.29, 0.717) is 24.9 Å². The van der Waals surface area contributed by atoms with E-state index in [4.69, 9.17) is 16.0 Å². The van der Waals surface area contributed by atoms with Crippen LogP contribution in [0.2, 0.25) is 5.02 Å². The normalized spacial score (nSPS) is 15.0. The van der Waals surface area contributed by atoms with Crippen molar-refractivity contribution in [1.82, 2.24) is 0 Å². The molecule has 0 bridgehead atoms. The predicted molar refractivity (Wildman–Crippen MR) is 74.0 cm³/mol. The van der Waals surface area contributed by atoms with E-state index in [1.807, 2.05) is 0 Å². The van der Waals surface area contributed by atoms with E-state index in [1.54, 1.807) is 0 Å². The van der Waals surface area contributed by atoms with Gasteiger partial charge in [-0.05, 0) is 24.6 Å². The van der Waals surface area contributed by atoms with Gasteiger partial charge >= 0.3 is 0 Å². The minimum Gasteiger partial charge on any atom is -0.502 e. The maximum absolute atomic E-state index is 13.2. The van der Waals surface area contributed by atoms with Crippen molar-refractivity contribution in [3.63, 3.8) is 0 Å². The highest BCUT2D eigenvalue weighted by molar-refractivity contribution is 6.31. The summed E-state index contributed by atoms with van der Waals surface area (Å²) in [6.07, 6.45) is 1.01. The Labute approximate surface area is 124 Å². The van der Waals surface area contributed by atoms with Crippen molar-refractivity contribution >= 4 is 23.4 Å². The van der Waals surface area contributed by atoms with Crippen molar-refractivity contribution in [1.29, 1.82) is 0 Å². The molecule has 0 atom stereocenters. The second-order valence-corrected chi connectivity index (χ2v) is 5.12. The van der Waals surface area contributed by atoms with Crippen LogP contribution < -0.4 is 4.90 Å². The van der Waals surface area contributed by atoms with Gasteiger partial charge in [-0.3, -0.25) is 9.69 Å². The van der Waals surface area contributed by atoms with E-state index in [-0.39, 0.29) is 22.6 Å². The average molecular weight is 312 g/mol. The van der Waals surface area contributed by atoms with Gasteiger partial charge < -0.3 is 14.6 Å². The topological polar surface area (TPSA) is 73.9 Å². The molecule has 21 heavy (non-hydrogen) atoms. The maximum Gasteiger partial charge on any atom is 0.249 e. The predicted octanol–water partition coefficient (Wildman–Crippen LogP) is 3.28. The maximum atomic E-state index is 13.2. The third kappa shape index (κ3) is 2.21. The van der Waals surface area contributed by atoms with E-state index in [1.165, 1.54) is 17.0 Å². The van der Waals surface area contributed by atoms with E-state index in [0.717, 1.165) is 6.07 Å². The Morgan fingerprint density at radius 2 is 2.05 bits per heavy atom. The summed E-state index contributed by atoms with van der Waals surface area (Å²) >= 11 is 5.69. The summed E-state index contributed by atoms with van der Waals surface area (Å²) in [7, 11) is 0. The Morgan fingerprint density at radius 3 is 2.67 bits per heavy atom. The monoisotopic (exact) mass is 311 g/mol. The van der Waals surface area contributed by atoms with Gasteiger partial charge in [-0.15, -0.1) is 0 Å². The molecule has 0 unspecified atom stereocenters. The number of rotatable bonds is 2. The summed E-state index contributed by atoms with van der Waals surface area (Å²) in [5, 5.41) is 19.8. The molecule has 1 aliphatic heterocycles. The van der Waals surface area contributed by atoms with Gasteiger partial charge in [0.05, 0.1) is 5.02 Å². The molecule has 1 saturated heterocycles. The Hall–Kier alpha value is -2.21. The molecular formula is C14H11ClFNO4. The Morgan fingerprint density at radius 1 is 1.29 bits per heavy atom. The van der Waals surface area contributed by atoms with Crippen LogP contribution in [0.15, 0.2) is 22.6 Å². The fourth-order valence-corrected chi connectivity index (χ4v) is 2.46. The second kappa shape index (κ2) is 4.96. The molecule has 7 heteroatoms. The van der Waals surface area contributed by atoms with Gasteiger partial charge in [0, 0.05) is 18.5 Å². The van der Waals surface area contributed by atoms with Crippen LogP contribution in [0.25, 0.3) is 11.3 Å². The lowest BCUT2D eigenvalue weighted by Crippen LogP contribution is -2.23. The fraction of sp³-hybridized carbons (Fsp3) is 0.214. The first-order valence-electron chi connectivity index (χ1n) is 6.29. The smallest absolute Gasteiger partial charge is 0.249 e. The molecule has 110 valence electrons. The van der Waals surface area contributed by atoms with Crippen LogP contribution in [-0.2, 0) is 4.79 Å². The lowest BCUT2D eigenvalue weighted by atomic mass is 10.1. The van der Waals surface area contributed by atoms with E-state index in [2.05, 4.69) is 0 Å². The largest absolute Gasteiger partial charge is 0.502 e. The zero-order chi connectivity index (χ0) is 15.1. The number of furan rings is 1. The molecule has 0 radical (unpaired) electrons. The number of amides is 1. The minimum atomic E-state index is -0.606. The standard InChI is InChI=1S/C14H11ClFNO4/c15-8-6-7(3-4-9(8)16)13-11(19)12(20)14(21-13)17-5-1-2-10(17)18/h3-4,6,19-20H,1-2,5H2. The number of carbonyl (C=O) groups excluding carboxylic acids is 1. The molecule has 2 aromatic rings. The van der Waals surface area contributed by atoms with Gasteiger partial charge in [0.15, 0.2) is 5.76 Å². The second-order valence-electron chi connectivity index (χ2n) is 4.71. The Balaban J connectivity index is 2.08. The van der Waals surface area contributed by atoms with Crippen molar-refractivity contribution in [2.75, 3.05) is 11.4 Å². The molecule has 1 aromatic carbocycles. The molecule has 2 heterocycles. The van der Waals surface area contributed by atoms with Crippen molar-refractivity contribution in [3.8, 4) is 22.8 Å². The first-order valence-corrected chi connectivity index (χ1v) is 6.67. The third-order valence-electron chi connectivity index (χ3n) is 3.34. The SMILES string of the molecule is O=C1CCCN1c1oc(-c2ccc(F)c(Cl)c2)c(O)c1O. The molecule has 1 aromatic heterocycles. The Bertz CT molecular complexity index is 728. The number of halogens is 2. The first kappa shape index (κ1) is 13.8. The van der Waals surface area contributed by atoms with Crippen LogP contribution in [0, 0.1) is 5.82 Å². The number of carbonyl (C=O) groups is 1. The van der Waals surface area contributed by atoms with Crippen molar-refractivity contribution in [2.45, 2.75) is 12.8 Å². The van der Waals surface area contributed by atoms with E-state index < -0.39 is 17.3 Å². The molecule has 3 rings (SSSR count). The van der Waals surface area contributed by atoms with E-state index in [9.17, 15) is 19.4 Å². The highest BCUT2D eigenvalue weighted by Crippen LogP contribution is 2.47. The molecule has 5 nitrogen and oxygen atoms in total. The zero-order valence-corrected chi connectivity index (χ0v) is 11.5. The quantitative estimate of drug-likeness (QED) is 0.892. The van der Waals surface area contributed by atoms with Crippen molar-refractivity contribution < 1.29 is 23.8 Å². The van der Waals surface area contributed by atoms with E-state index >= 15 is 0 Å². The summed E-state index contributed by atoms with van der Waals surface area (Å²) < 4.78 is 18.6. The molecule has 1 aliphatic rings. The number of anilines is 1. The lowest BCUT2D eigenvalue weighted by molar-refractivity contribution is -0.117. The molecule has 2 N–H and O–H groups in total. The number of benzene rings is 1. The molecule has 1 fully saturated rings. The van der Waals surface area contributed by atoms with Crippen LogP contribution in [0.3, 0.4) is 0 Å². The first-order chi connectivity index (χ1) is 9.99. The number of hydrogen-bond donors (Lipinski definition) is 2. The molecule has 0 aliphatic carbocycles. The average Bonchev–Trinajstić information content (AvgIpc) is 2.99. The van der Waals surface area contributed by atoms with Gasteiger partial charge in [0.25, 0.3) is 0 Å². The lowest BCUT2D eigenvalue weighted by Gasteiger charge is -2.11. The van der Waals surface area contributed by atoms with Crippen LogP contribution in [0.5, 0.6) is 11.5 Å². The molecule has 0 saturated carbocycles. The number of aromatic hydroxyl groups is 2. The summed E-state index contributed by atoms with van der Waals surface area (Å²) in [5.41, 5.74) is 0.298. The highest BCUT2D eigenvalue weighted by Gasteiger charge is 2.31. The number of hydrogen-bond acceptors (Lipinski definition) is 4. The van der Waals surface area contributed by atoms with Gasteiger partial charge in [-0.25, -0.2) is 4.39 Å². The van der Waals surface area contributed by atoms with Crippen molar-refractivity contribution in [2.24, 2.45) is 0 Å². The summed E-state index contributed by atoms with van der Waals surface area (Å²) in [4.78, 5) is 13.0. The third-order valence-corrected chi connectivity index (χ3v) is 3.63. The zero-order valence-electron chi connectivity index (χ0n) is 10.8. The van der Waals surface area contributed by atoms with Gasteiger partial charge in [0.1, 0.15) is 5.82 Å². The van der Waals surface area contributed by atoms with Crippen LogP contribution in [-0.4, -0.2) is 22.7 Å². The molecule has 0 spiro atoms. The Kier molecular flexibility index (Phi) is 3.25. The summed E-state index contributed by atoms with van der Waals surface area (Å²) in [5.74, 6) is -1.99. The highest BCUT2D eigenvalue weighted by atomic mass is 35.5.